The van der Waals surface area contributed by atoms with Crippen LogP contribution in [0, 0.1) is 5.92 Å². The average Bonchev–Trinajstić information content (AvgIpc) is 2.85. The van der Waals surface area contributed by atoms with Crippen molar-refractivity contribution >= 4 is 0 Å². The highest BCUT2D eigenvalue weighted by Gasteiger charge is 2.26. The maximum Gasteiger partial charge on any atom is 0.0335 e. The van der Waals surface area contributed by atoms with E-state index >= 15 is 0 Å². The molecule has 1 aliphatic heterocycles. The standard InChI is InChI=1S/C15H25N3/c1-12(2)17-9-14-6-8-18(11-14)13(3)15-5-4-7-16-10-15/h4-5,7,10,12-14,17H,6,8-9,11H2,1-3H3. The SMILES string of the molecule is CC(C)NCC1CCN(C(C)c2cccnc2)C1. The molecule has 0 saturated carbocycles. The van der Waals surface area contributed by atoms with Gasteiger partial charge in [0.05, 0.1) is 0 Å². The molecule has 0 amide bonds. The smallest absolute Gasteiger partial charge is 0.0335 e. The second-order valence-electron chi connectivity index (χ2n) is 5.67. The summed E-state index contributed by atoms with van der Waals surface area (Å²) in [7, 11) is 0. The van der Waals surface area contributed by atoms with Crippen LogP contribution in [0.1, 0.15) is 38.8 Å². The minimum absolute atomic E-state index is 0.489. The predicted molar refractivity (Wildman–Crippen MR) is 75.5 cm³/mol. The van der Waals surface area contributed by atoms with Crippen molar-refractivity contribution in [3.8, 4) is 0 Å². The minimum Gasteiger partial charge on any atom is -0.314 e. The fraction of sp³-hybridized carbons (Fsp3) is 0.667. The van der Waals surface area contributed by atoms with Crippen molar-refractivity contribution in [2.45, 2.75) is 39.3 Å². The van der Waals surface area contributed by atoms with Crippen LogP contribution in [0.3, 0.4) is 0 Å². The fourth-order valence-corrected chi connectivity index (χ4v) is 2.62. The Morgan fingerprint density at radius 3 is 2.94 bits per heavy atom. The number of likely N-dealkylation sites (tertiary alicyclic amines) is 1. The summed E-state index contributed by atoms with van der Waals surface area (Å²) < 4.78 is 0. The Hall–Kier alpha value is -0.930. The molecular weight excluding hydrogens is 222 g/mol. The van der Waals surface area contributed by atoms with Crippen molar-refractivity contribution < 1.29 is 0 Å². The lowest BCUT2D eigenvalue weighted by Gasteiger charge is -2.24. The van der Waals surface area contributed by atoms with Gasteiger partial charge in [0.25, 0.3) is 0 Å². The zero-order valence-corrected chi connectivity index (χ0v) is 11.8. The van der Waals surface area contributed by atoms with Crippen molar-refractivity contribution in [1.82, 2.24) is 15.2 Å². The van der Waals surface area contributed by atoms with Crippen LogP contribution < -0.4 is 5.32 Å². The van der Waals surface area contributed by atoms with E-state index in [-0.39, 0.29) is 0 Å². The van der Waals surface area contributed by atoms with E-state index in [0.29, 0.717) is 12.1 Å². The van der Waals surface area contributed by atoms with Gasteiger partial charge >= 0.3 is 0 Å². The molecule has 1 saturated heterocycles. The van der Waals surface area contributed by atoms with Crippen molar-refractivity contribution in [3.63, 3.8) is 0 Å². The summed E-state index contributed by atoms with van der Waals surface area (Å²) in [5.74, 6) is 0.798. The number of rotatable bonds is 5. The topological polar surface area (TPSA) is 28.2 Å². The Morgan fingerprint density at radius 2 is 2.28 bits per heavy atom. The third-order valence-corrected chi connectivity index (χ3v) is 3.85. The highest BCUT2D eigenvalue weighted by atomic mass is 15.2. The molecule has 1 aromatic rings. The van der Waals surface area contributed by atoms with Gasteiger partial charge in [-0.3, -0.25) is 9.88 Å². The van der Waals surface area contributed by atoms with Gasteiger partial charge in [-0.15, -0.1) is 0 Å². The molecule has 2 heterocycles. The van der Waals surface area contributed by atoms with Gasteiger partial charge in [0.15, 0.2) is 0 Å². The summed E-state index contributed by atoms with van der Waals surface area (Å²) in [5, 5.41) is 3.55. The molecule has 3 heteroatoms. The Bertz CT molecular complexity index is 350. The molecule has 2 rings (SSSR count). The van der Waals surface area contributed by atoms with Crippen LogP contribution in [0.2, 0.25) is 0 Å². The van der Waals surface area contributed by atoms with E-state index in [4.69, 9.17) is 0 Å². The van der Waals surface area contributed by atoms with E-state index < -0.39 is 0 Å². The molecule has 1 aliphatic rings. The summed E-state index contributed by atoms with van der Waals surface area (Å²) in [4.78, 5) is 6.79. The van der Waals surface area contributed by atoms with Crippen molar-refractivity contribution in [2.24, 2.45) is 5.92 Å². The third kappa shape index (κ3) is 3.53. The summed E-state index contributed by atoms with van der Waals surface area (Å²) >= 11 is 0. The molecule has 2 unspecified atom stereocenters. The van der Waals surface area contributed by atoms with E-state index in [1.54, 1.807) is 0 Å². The molecule has 1 N–H and O–H groups in total. The van der Waals surface area contributed by atoms with Crippen LogP contribution in [0.4, 0.5) is 0 Å². The maximum absolute atomic E-state index is 4.22. The predicted octanol–water partition coefficient (Wildman–Crippen LogP) is 2.46. The summed E-state index contributed by atoms with van der Waals surface area (Å²) in [6, 6.07) is 5.29. The van der Waals surface area contributed by atoms with E-state index in [2.05, 4.69) is 42.0 Å². The Kier molecular flexibility index (Phi) is 4.72. The van der Waals surface area contributed by atoms with Crippen LogP contribution in [-0.2, 0) is 0 Å². The lowest BCUT2D eigenvalue weighted by atomic mass is 10.1. The first-order valence-electron chi connectivity index (χ1n) is 7.04. The number of aromatic nitrogens is 1. The van der Waals surface area contributed by atoms with Gasteiger partial charge in [-0.25, -0.2) is 0 Å². The van der Waals surface area contributed by atoms with Crippen molar-refractivity contribution in [2.75, 3.05) is 19.6 Å². The van der Waals surface area contributed by atoms with E-state index in [1.165, 1.54) is 25.1 Å². The zero-order valence-electron chi connectivity index (χ0n) is 11.8. The third-order valence-electron chi connectivity index (χ3n) is 3.85. The van der Waals surface area contributed by atoms with Crippen LogP contribution in [0.15, 0.2) is 24.5 Å². The van der Waals surface area contributed by atoms with E-state index in [1.807, 2.05) is 18.5 Å². The molecule has 18 heavy (non-hydrogen) atoms. The summed E-state index contributed by atoms with van der Waals surface area (Å²) in [5.41, 5.74) is 1.33. The summed E-state index contributed by atoms with van der Waals surface area (Å²) in [6.45, 7) is 10.3. The van der Waals surface area contributed by atoms with Crippen LogP contribution in [-0.4, -0.2) is 35.6 Å². The van der Waals surface area contributed by atoms with Gasteiger partial charge in [0, 0.05) is 31.0 Å². The molecule has 0 bridgehead atoms. The van der Waals surface area contributed by atoms with Gasteiger partial charge < -0.3 is 5.32 Å². The number of nitrogens with one attached hydrogen (secondary N) is 1. The molecule has 0 radical (unpaired) electrons. The fourth-order valence-electron chi connectivity index (χ4n) is 2.62. The maximum atomic E-state index is 4.22. The number of pyridine rings is 1. The lowest BCUT2D eigenvalue weighted by molar-refractivity contribution is 0.250. The normalized spacial score (nSPS) is 22.6. The summed E-state index contributed by atoms with van der Waals surface area (Å²) in [6.07, 6.45) is 5.14. The number of hydrogen-bond donors (Lipinski definition) is 1. The monoisotopic (exact) mass is 247 g/mol. The quantitative estimate of drug-likeness (QED) is 0.866. The molecule has 2 atom stereocenters. The molecular formula is C15H25N3. The first-order valence-corrected chi connectivity index (χ1v) is 7.04. The van der Waals surface area contributed by atoms with Crippen molar-refractivity contribution in [3.05, 3.63) is 30.1 Å². The first kappa shape index (κ1) is 13.5. The Labute approximate surface area is 111 Å². The lowest BCUT2D eigenvalue weighted by Crippen LogP contribution is -2.31. The van der Waals surface area contributed by atoms with E-state index in [9.17, 15) is 0 Å². The van der Waals surface area contributed by atoms with Gasteiger partial charge in [-0.2, -0.15) is 0 Å². The van der Waals surface area contributed by atoms with Crippen LogP contribution in [0.25, 0.3) is 0 Å². The second kappa shape index (κ2) is 6.30. The van der Waals surface area contributed by atoms with Gasteiger partial charge in [0.2, 0.25) is 0 Å². The highest BCUT2D eigenvalue weighted by Crippen LogP contribution is 2.26. The van der Waals surface area contributed by atoms with Gasteiger partial charge in [-0.05, 0) is 44.0 Å². The first-order chi connectivity index (χ1) is 8.66. The molecule has 0 aliphatic carbocycles. The molecule has 3 nitrogen and oxygen atoms in total. The molecule has 1 fully saturated rings. The van der Waals surface area contributed by atoms with Crippen molar-refractivity contribution in [1.29, 1.82) is 0 Å². The zero-order chi connectivity index (χ0) is 13.0. The Balaban J connectivity index is 1.85. The molecule has 0 spiro atoms. The molecule has 100 valence electrons. The molecule has 0 aromatic carbocycles. The second-order valence-corrected chi connectivity index (χ2v) is 5.67. The Morgan fingerprint density at radius 1 is 1.44 bits per heavy atom. The number of nitrogens with zero attached hydrogens (tertiary/aromatic N) is 2. The number of hydrogen-bond acceptors (Lipinski definition) is 3. The van der Waals surface area contributed by atoms with Crippen LogP contribution in [0.5, 0.6) is 0 Å². The molecule has 1 aromatic heterocycles. The van der Waals surface area contributed by atoms with E-state index in [0.717, 1.165) is 12.5 Å². The highest BCUT2D eigenvalue weighted by molar-refractivity contribution is 5.13. The minimum atomic E-state index is 0.489. The van der Waals surface area contributed by atoms with Gasteiger partial charge in [0.1, 0.15) is 0 Å². The largest absolute Gasteiger partial charge is 0.314 e. The van der Waals surface area contributed by atoms with Gasteiger partial charge in [-0.1, -0.05) is 19.9 Å². The average molecular weight is 247 g/mol. The van der Waals surface area contributed by atoms with Crippen LogP contribution >= 0.6 is 0 Å².